The fraction of sp³-hybridized carbons (Fsp3) is 0.200. The molecule has 19 heavy (non-hydrogen) atoms. The highest BCUT2D eigenvalue weighted by Gasteiger charge is 2.06. The van der Waals surface area contributed by atoms with Crippen LogP contribution in [0, 0.1) is 5.82 Å². The molecule has 0 aliphatic rings. The Hall–Kier alpha value is -1.58. The zero-order valence-corrected chi connectivity index (χ0v) is 11.6. The standard InChI is InChI=1S/C15H15ClFNO/c1-18-9-10-5-12(7-13(6-10)19-2)11-3-4-14(16)15(17)8-11/h3-8,18H,9H2,1-2H3. The van der Waals surface area contributed by atoms with E-state index in [1.54, 1.807) is 19.2 Å². The fourth-order valence-corrected chi connectivity index (χ4v) is 2.04. The molecule has 2 aromatic rings. The number of methoxy groups -OCH3 is 1. The molecule has 2 rings (SSSR count). The van der Waals surface area contributed by atoms with Crippen molar-refractivity contribution in [1.82, 2.24) is 5.32 Å². The zero-order valence-electron chi connectivity index (χ0n) is 10.8. The van der Waals surface area contributed by atoms with Crippen molar-refractivity contribution in [2.24, 2.45) is 0 Å². The van der Waals surface area contributed by atoms with Crippen molar-refractivity contribution >= 4 is 11.6 Å². The lowest BCUT2D eigenvalue weighted by molar-refractivity contribution is 0.414. The van der Waals surface area contributed by atoms with Gasteiger partial charge in [-0.3, -0.25) is 0 Å². The Kier molecular flexibility index (Phi) is 4.40. The Morgan fingerprint density at radius 3 is 2.58 bits per heavy atom. The summed E-state index contributed by atoms with van der Waals surface area (Å²) < 4.78 is 18.8. The lowest BCUT2D eigenvalue weighted by Crippen LogP contribution is -2.05. The maximum Gasteiger partial charge on any atom is 0.142 e. The summed E-state index contributed by atoms with van der Waals surface area (Å²) in [5.41, 5.74) is 2.76. The maximum atomic E-state index is 13.5. The van der Waals surface area contributed by atoms with Crippen molar-refractivity contribution in [2.75, 3.05) is 14.2 Å². The van der Waals surface area contributed by atoms with Crippen LogP contribution >= 0.6 is 11.6 Å². The normalized spacial score (nSPS) is 10.5. The predicted octanol–water partition coefficient (Wildman–Crippen LogP) is 3.87. The topological polar surface area (TPSA) is 21.3 Å². The molecule has 100 valence electrons. The van der Waals surface area contributed by atoms with Gasteiger partial charge in [0.25, 0.3) is 0 Å². The molecule has 1 N–H and O–H groups in total. The van der Waals surface area contributed by atoms with Crippen LogP contribution in [0.2, 0.25) is 5.02 Å². The maximum absolute atomic E-state index is 13.5. The van der Waals surface area contributed by atoms with Gasteiger partial charge in [0, 0.05) is 6.54 Å². The molecule has 0 heterocycles. The van der Waals surface area contributed by atoms with Gasteiger partial charge >= 0.3 is 0 Å². The summed E-state index contributed by atoms with van der Waals surface area (Å²) >= 11 is 5.70. The quantitative estimate of drug-likeness (QED) is 0.917. The van der Waals surface area contributed by atoms with E-state index in [1.807, 2.05) is 25.2 Å². The van der Waals surface area contributed by atoms with Crippen molar-refractivity contribution in [2.45, 2.75) is 6.54 Å². The molecule has 0 spiro atoms. The monoisotopic (exact) mass is 279 g/mol. The van der Waals surface area contributed by atoms with Crippen LogP contribution < -0.4 is 10.1 Å². The molecular formula is C15H15ClFNO. The third-order valence-electron chi connectivity index (χ3n) is 2.84. The highest BCUT2D eigenvalue weighted by atomic mass is 35.5. The number of nitrogens with one attached hydrogen (secondary N) is 1. The van der Waals surface area contributed by atoms with Crippen molar-refractivity contribution < 1.29 is 9.13 Å². The van der Waals surface area contributed by atoms with E-state index in [-0.39, 0.29) is 5.02 Å². The van der Waals surface area contributed by atoms with E-state index >= 15 is 0 Å². The van der Waals surface area contributed by atoms with Gasteiger partial charge in [-0.1, -0.05) is 17.7 Å². The van der Waals surface area contributed by atoms with Crippen LogP contribution in [0.15, 0.2) is 36.4 Å². The molecule has 0 aliphatic heterocycles. The molecule has 0 fully saturated rings. The summed E-state index contributed by atoms with van der Waals surface area (Å²) in [6.45, 7) is 0.722. The summed E-state index contributed by atoms with van der Waals surface area (Å²) in [6, 6.07) is 10.6. The molecule has 0 radical (unpaired) electrons. The number of hydrogen-bond acceptors (Lipinski definition) is 2. The Labute approximate surface area is 117 Å². The minimum absolute atomic E-state index is 0.127. The average molecular weight is 280 g/mol. The van der Waals surface area contributed by atoms with Crippen molar-refractivity contribution in [3.63, 3.8) is 0 Å². The number of halogens is 2. The molecule has 2 aromatic carbocycles. The van der Waals surface area contributed by atoms with E-state index in [1.165, 1.54) is 6.07 Å². The largest absolute Gasteiger partial charge is 0.497 e. The van der Waals surface area contributed by atoms with Crippen LogP contribution in [0.25, 0.3) is 11.1 Å². The van der Waals surface area contributed by atoms with Crippen molar-refractivity contribution in [1.29, 1.82) is 0 Å². The molecule has 2 nitrogen and oxygen atoms in total. The van der Waals surface area contributed by atoms with Gasteiger partial charge in [-0.2, -0.15) is 0 Å². The third-order valence-corrected chi connectivity index (χ3v) is 3.14. The number of benzene rings is 2. The van der Waals surface area contributed by atoms with Gasteiger partial charge in [-0.05, 0) is 54.1 Å². The highest BCUT2D eigenvalue weighted by Crippen LogP contribution is 2.28. The van der Waals surface area contributed by atoms with E-state index in [0.29, 0.717) is 0 Å². The Morgan fingerprint density at radius 2 is 1.95 bits per heavy atom. The van der Waals surface area contributed by atoms with E-state index in [4.69, 9.17) is 16.3 Å². The van der Waals surface area contributed by atoms with E-state index < -0.39 is 5.82 Å². The van der Waals surface area contributed by atoms with Gasteiger partial charge in [-0.15, -0.1) is 0 Å². The van der Waals surface area contributed by atoms with Crippen LogP contribution in [0.4, 0.5) is 4.39 Å². The van der Waals surface area contributed by atoms with Crippen LogP contribution in [-0.4, -0.2) is 14.2 Å². The second-order valence-electron chi connectivity index (χ2n) is 4.23. The first kappa shape index (κ1) is 13.8. The summed E-state index contributed by atoms with van der Waals surface area (Å²) in [5.74, 6) is 0.329. The molecule has 0 unspecified atom stereocenters. The van der Waals surface area contributed by atoms with Crippen LogP contribution in [0.3, 0.4) is 0 Å². The lowest BCUT2D eigenvalue weighted by Gasteiger charge is -2.09. The molecule has 0 aliphatic carbocycles. The molecule has 0 amide bonds. The highest BCUT2D eigenvalue weighted by molar-refractivity contribution is 6.30. The van der Waals surface area contributed by atoms with Gasteiger partial charge in [0.15, 0.2) is 0 Å². The molecular weight excluding hydrogens is 265 g/mol. The summed E-state index contributed by atoms with van der Waals surface area (Å²) in [7, 11) is 3.49. The molecule has 0 saturated carbocycles. The zero-order chi connectivity index (χ0) is 13.8. The number of rotatable bonds is 4. The van der Waals surface area contributed by atoms with Gasteiger partial charge in [0.2, 0.25) is 0 Å². The van der Waals surface area contributed by atoms with Crippen LogP contribution in [0.5, 0.6) is 5.75 Å². The first-order valence-corrected chi connectivity index (χ1v) is 6.30. The van der Waals surface area contributed by atoms with Gasteiger partial charge in [0.1, 0.15) is 11.6 Å². The van der Waals surface area contributed by atoms with Crippen LogP contribution in [0.1, 0.15) is 5.56 Å². The summed E-state index contributed by atoms with van der Waals surface area (Å²) in [5, 5.41) is 3.21. The average Bonchev–Trinajstić information content (AvgIpc) is 2.42. The Bertz CT molecular complexity index is 586. The Morgan fingerprint density at radius 1 is 1.16 bits per heavy atom. The van der Waals surface area contributed by atoms with E-state index in [0.717, 1.165) is 29.0 Å². The molecule has 0 saturated heterocycles. The summed E-state index contributed by atoms with van der Waals surface area (Å²) in [4.78, 5) is 0. The SMILES string of the molecule is CNCc1cc(OC)cc(-c2ccc(Cl)c(F)c2)c1. The smallest absolute Gasteiger partial charge is 0.142 e. The minimum Gasteiger partial charge on any atom is -0.497 e. The molecule has 0 aromatic heterocycles. The van der Waals surface area contributed by atoms with Gasteiger partial charge in [-0.25, -0.2) is 4.39 Å². The Balaban J connectivity index is 2.47. The van der Waals surface area contributed by atoms with E-state index in [9.17, 15) is 4.39 Å². The van der Waals surface area contributed by atoms with Crippen molar-refractivity contribution in [3.8, 4) is 16.9 Å². The van der Waals surface area contributed by atoms with Crippen LogP contribution in [-0.2, 0) is 6.54 Å². The van der Waals surface area contributed by atoms with Gasteiger partial charge < -0.3 is 10.1 Å². The lowest BCUT2D eigenvalue weighted by atomic mass is 10.0. The predicted molar refractivity (Wildman–Crippen MR) is 76.2 cm³/mol. The summed E-state index contributed by atoms with van der Waals surface area (Å²) in [6.07, 6.45) is 0. The minimum atomic E-state index is -0.419. The molecule has 0 atom stereocenters. The third kappa shape index (κ3) is 3.25. The fourth-order valence-electron chi connectivity index (χ4n) is 1.93. The van der Waals surface area contributed by atoms with E-state index in [2.05, 4.69) is 5.32 Å². The first-order valence-electron chi connectivity index (χ1n) is 5.92. The number of hydrogen-bond donors (Lipinski definition) is 1. The number of ether oxygens (including phenoxy) is 1. The first-order chi connectivity index (χ1) is 9.13. The molecule has 4 heteroatoms. The molecule has 0 bridgehead atoms. The second-order valence-corrected chi connectivity index (χ2v) is 4.64. The van der Waals surface area contributed by atoms with Gasteiger partial charge in [0.05, 0.1) is 12.1 Å². The second kappa shape index (κ2) is 6.04. The van der Waals surface area contributed by atoms with Crippen molar-refractivity contribution in [3.05, 3.63) is 52.8 Å².